The number of rotatable bonds is 51. The van der Waals surface area contributed by atoms with Gasteiger partial charge in [-0.15, -0.1) is 0 Å². The highest BCUT2D eigenvalue weighted by Gasteiger charge is 2.17. The molecule has 0 radical (unpaired) electrons. The van der Waals surface area contributed by atoms with Crippen LogP contribution in [0.5, 0.6) is 0 Å². The largest absolute Gasteiger partial charge is 0.394 e. The molecule has 0 aliphatic carbocycles. The molecule has 2 unspecified atom stereocenters. The monoisotopic (exact) mass is 892 g/mol. The molecule has 0 aliphatic rings. The van der Waals surface area contributed by atoms with Crippen LogP contribution in [0.15, 0.2) is 72.9 Å². The number of carbonyl (C=O) groups is 1. The third-order valence-electron chi connectivity index (χ3n) is 12.6. The molecule has 3 N–H and O–H groups in total. The van der Waals surface area contributed by atoms with Crippen molar-refractivity contribution in [1.29, 1.82) is 0 Å². The highest BCUT2D eigenvalue weighted by molar-refractivity contribution is 5.76. The Kier molecular flexibility index (Phi) is 53.3. The summed E-state index contributed by atoms with van der Waals surface area (Å²) < 4.78 is 0. The molecule has 4 heteroatoms. The summed E-state index contributed by atoms with van der Waals surface area (Å²) >= 11 is 0. The summed E-state index contributed by atoms with van der Waals surface area (Å²) in [6.07, 6.45) is 79.2. The fourth-order valence-corrected chi connectivity index (χ4v) is 8.34. The van der Waals surface area contributed by atoms with Gasteiger partial charge in [0.25, 0.3) is 0 Å². The Hall–Kier alpha value is -2.17. The molecule has 2 atom stereocenters. The van der Waals surface area contributed by atoms with Crippen molar-refractivity contribution in [2.75, 3.05) is 6.61 Å². The average Bonchev–Trinajstić information content (AvgIpc) is 3.30. The van der Waals surface area contributed by atoms with Crippen LogP contribution >= 0.6 is 0 Å². The van der Waals surface area contributed by atoms with E-state index in [2.05, 4.69) is 79.9 Å². The lowest BCUT2D eigenvalue weighted by atomic mass is 10.0. The summed E-state index contributed by atoms with van der Waals surface area (Å²) in [6.45, 7) is 4.29. The number of aliphatic hydroxyl groups is 2. The van der Waals surface area contributed by atoms with Crippen LogP contribution in [-0.4, -0.2) is 34.9 Å². The van der Waals surface area contributed by atoms with Crippen molar-refractivity contribution in [3.8, 4) is 0 Å². The molecule has 0 spiro atoms. The number of hydrogen-bond donors (Lipinski definition) is 3. The third-order valence-corrected chi connectivity index (χ3v) is 12.6. The third kappa shape index (κ3) is 50.8. The Morgan fingerprint density at radius 2 is 0.656 bits per heavy atom. The number of amides is 1. The van der Waals surface area contributed by atoms with Crippen molar-refractivity contribution in [2.45, 2.75) is 296 Å². The predicted octanol–water partition coefficient (Wildman–Crippen LogP) is 18.6. The highest BCUT2D eigenvalue weighted by atomic mass is 16.3. The van der Waals surface area contributed by atoms with Crippen molar-refractivity contribution in [3.63, 3.8) is 0 Å². The lowest BCUT2D eigenvalue weighted by Crippen LogP contribution is -2.45. The maximum absolute atomic E-state index is 12.4. The van der Waals surface area contributed by atoms with Crippen molar-refractivity contribution in [1.82, 2.24) is 5.32 Å². The second-order valence-corrected chi connectivity index (χ2v) is 19.0. The normalized spacial score (nSPS) is 13.4. The van der Waals surface area contributed by atoms with Gasteiger partial charge in [-0.2, -0.15) is 0 Å². The van der Waals surface area contributed by atoms with E-state index in [0.29, 0.717) is 6.42 Å². The number of hydrogen-bond acceptors (Lipinski definition) is 3. The van der Waals surface area contributed by atoms with Gasteiger partial charge in [-0.3, -0.25) is 4.79 Å². The maximum atomic E-state index is 12.4. The van der Waals surface area contributed by atoms with E-state index in [1.54, 1.807) is 6.08 Å². The number of allylic oxidation sites excluding steroid dienone is 11. The number of carbonyl (C=O) groups excluding carboxylic acids is 1. The van der Waals surface area contributed by atoms with Crippen molar-refractivity contribution in [3.05, 3.63) is 72.9 Å². The molecule has 0 aliphatic heterocycles. The zero-order valence-corrected chi connectivity index (χ0v) is 42.8. The van der Waals surface area contributed by atoms with Gasteiger partial charge in [0.15, 0.2) is 0 Å². The SMILES string of the molecule is CCCCCCC/C=C\C/C=C\C/C=C\CCCCCCCCC(=O)NC(CO)C(O)/C=C/CC/C=C/CC/C=C/CCCCCCCCCCCCCCCCCCCCCCC. The van der Waals surface area contributed by atoms with Crippen LogP contribution in [0, 0.1) is 0 Å². The molecule has 0 rings (SSSR count). The Morgan fingerprint density at radius 3 is 1.02 bits per heavy atom. The van der Waals surface area contributed by atoms with Crippen LogP contribution in [0.2, 0.25) is 0 Å². The van der Waals surface area contributed by atoms with Gasteiger partial charge < -0.3 is 15.5 Å². The van der Waals surface area contributed by atoms with Crippen molar-refractivity contribution in [2.24, 2.45) is 0 Å². The Balaban J connectivity index is 3.59. The van der Waals surface area contributed by atoms with Crippen LogP contribution in [-0.2, 0) is 4.79 Å². The van der Waals surface area contributed by atoms with E-state index in [-0.39, 0.29) is 12.5 Å². The predicted molar refractivity (Wildman–Crippen MR) is 285 cm³/mol. The Bertz CT molecular complexity index is 1100. The molecule has 0 saturated carbocycles. The van der Waals surface area contributed by atoms with Gasteiger partial charge in [-0.05, 0) is 83.5 Å². The molecule has 0 aromatic rings. The van der Waals surface area contributed by atoms with Gasteiger partial charge in [0.05, 0.1) is 18.8 Å². The van der Waals surface area contributed by atoms with E-state index in [1.165, 1.54) is 199 Å². The molecule has 0 aromatic heterocycles. The van der Waals surface area contributed by atoms with Crippen LogP contribution in [0.3, 0.4) is 0 Å². The minimum absolute atomic E-state index is 0.0904. The minimum Gasteiger partial charge on any atom is -0.394 e. The smallest absolute Gasteiger partial charge is 0.220 e. The molecule has 1 amide bonds. The summed E-state index contributed by atoms with van der Waals surface area (Å²) in [5, 5.41) is 23.1. The van der Waals surface area contributed by atoms with Crippen LogP contribution < -0.4 is 5.32 Å². The Labute approximate surface area is 399 Å². The fraction of sp³-hybridized carbons (Fsp3) is 0.783. The summed E-state index contributed by atoms with van der Waals surface area (Å²) in [7, 11) is 0. The van der Waals surface area contributed by atoms with Gasteiger partial charge >= 0.3 is 0 Å². The average molecular weight is 893 g/mol. The summed E-state index contributed by atoms with van der Waals surface area (Å²) in [5.74, 6) is -0.0904. The second kappa shape index (κ2) is 55.2. The number of aliphatic hydroxyl groups excluding tert-OH is 2. The molecular weight excluding hydrogens is 783 g/mol. The molecule has 0 heterocycles. The van der Waals surface area contributed by atoms with Crippen LogP contribution in [0.4, 0.5) is 0 Å². The first-order valence-corrected chi connectivity index (χ1v) is 28.2. The second-order valence-electron chi connectivity index (χ2n) is 19.0. The summed E-state index contributed by atoms with van der Waals surface area (Å²) in [6, 6.07) is -0.657. The van der Waals surface area contributed by atoms with Crippen molar-refractivity contribution >= 4 is 5.91 Å². The van der Waals surface area contributed by atoms with E-state index in [9.17, 15) is 15.0 Å². The van der Waals surface area contributed by atoms with E-state index < -0.39 is 12.1 Å². The quantitative estimate of drug-likeness (QED) is 0.0421. The van der Waals surface area contributed by atoms with Crippen LogP contribution in [0.25, 0.3) is 0 Å². The first-order valence-electron chi connectivity index (χ1n) is 28.2. The number of unbranched alkanes of at least 4 members (excludes halogenated alkanes) is 34. The van der Waals surface area contributed by atoms with Gasteiger partial charge in [0.2, 0.25) is 5.91 Å². The number of nitrogens with one attached hydrogen (secondary N) is 1. The van der Waals surface area contributed by atoms with E-state index >= 15 is 0 Å². The molecule has 0 saturated heterocycles. The zero-order valence-electron chi connectivity index (χ0n) is 42.8. The zero-order chi connectivity index (χ0) is 46.3. The van der Waals surface area contributed by atoms with Crippen molar-refractivity contribution < 1.29 is 15.0 Å². The standard InChI is InChI=1S/C60H109NO3/c1-3-5-7-9-11-13-15-17-19-21-23-25-26-27-28-29-30-31-32-33-34-36-37-39-41-43-45-47-49-51-53-55-59(63)58(57-62)61-60(64)56-54-52-50-48-46-44-42-40-38-35-24-22-20-18-16-14-12-10-8-6-4-2/h16,18,22,24,37-40,45,47,53,55,58-59,62-63H,3-15,17,19-21,23,25-36,41-44,46,48-52,54,56-57H2,1-2H3,(H,61,64)/b18-16-,24-22-,39-37+,40-38-,47-45+,55-53+. The highest BCUT2D eigenvalue weighted by Crippen LogP contribution is 2.16. The molecular formula is C60H109NO3. The molecule has 0 aromatic carbocycles. The topological polar surface area (TPSA) is 69.6 Å². The lowest BCUT2D eigenvalue weighted by Gasteiger charge is -2.19. The Morgan fingerprint density at radius 1 is 0.375 bits per heavy atom. The van der Waals surface area contributed by atoms with E-state index in [1.807, 2.05) is 6.08 Å². The van der Waals surface area contributed by atoms with Gasteiger partial charge in [-0.1, -0.05) is 267 Å². The summed E-state index contributed by atoms with van der Waals surface area (Å²) in [5.41, 5.74) is 0. The minimum atomic E-state index is -0.881. The molecule has 64 heavy (non-hydrogen) atoms. The lowest BCUT2D eigenvalue weighted by molar-refractivity contribution is -0.123. The first kappa shape index (κ1) is 61.8. The van der Waals surface area contributed by atoms with E-state index in [4.69, 9.17) is 0 Å². The first-order chi connectivity index (χ1) is 31.7. The fourth-order valence-electron chi connectivity index (χ4n) is 8.34. The van der Waals surface area contributed by atoms with Gasteiger partial charge in [-0.25, -0.2) is 0 Å². The summed E-state index contributed by atoms with van der Waals surface area (Å²) in [4.78, 5) is 12.4. The van der Waals surface area contributed by atoms with Crippen LogP contribution in [0.1, 0.15) is 284 Å². The molecule has 0 fully saturated rings. The molecule has 0 bridgehead atoms. The molecule has 4 nitrogen and oxygen atoms in total. The maximum Gasteiger partial charge on any atom is 0.220 e. The van der Waals surface area contributed by atoms with Gasteiger partial charge in [0, 0.05) is 6.42 Å². The van der Waals surface area contributed by atoms with Gasteiger partial charge in [0.1, 0.15) is 0 Å². The molecule has 372 valence electrons. The van der Waals surface area contributed by atoms with E-state index in [0.717, 1.165) is 64.2 Å².